The predicted octanol–water partition coefficient (Wildman–Crippen LogP) is 3.52. The molecular formula is C21H25N3O2S. The Morgan fingerprint density at radius 1 is 1.19 bits per heavy atom. The van der Waals surface area contributed by atoms with Crippen molar-refractivity contribution in [3.05, 3.63) is 58.4 Å². The van der Waals surface area contributed by atoms with Gasteiger partial charge in [0, 0.05) is 24.9 Å². The molecule has 1 aromatic heterocycles. The fourth-order valence-corrected chi connectivity index (χ4v) is 4.35. The second-order valence-electron chi connectivity index (χ2n) is 6.96. The van der Waals surface area contributed by atoms with Gasteiger partial charge in [0.1, 0.15) is 5.75 Å². The summed E-state index contributed by atoms with van der Waals surface area (Å²) in [5.74, 6) is 1.72. The van der Waals surface area contributed by atoms with E-state index in [2.05, 4.69) is 16.7 Å². The molecule has 5 nitrogen and oxygen atoms in total. The molecule has 2 aliphatic heterocycles. The molecule has 1 saturated heterocycles. The van der Waals surface area contributed by atoms with Crippen LogP contribution < -0.4 is 15.4 Å². The number of thiophene rings is 1. The summed E-state index contributed by atoms with van der Waals surface area (Å²) in [7, 11) is 0. The molecule has 4 rings (SSSR count). The Balaban J connectivity index is 1.25. The van der Waals surface area contributed by atoms with Gasteiger partial charge in [-0.1, -0.05) is 18.2 Å². The maximum atomic E-state index is 12.4. The zero-order chi connectivity index (χ0) is 18.5. The number of likely N-dealkylation sites (tertiary alicyclic amines) is 1. The van der Waals surface area contributed by atoms with Gasteiger partial charge in [0.15, 0.2) is 0 Å². The molecule has 1 aromatic carbocycles. The SMILES string of the molecule is O=C(c1cccs1)N1CCC(CCOc2ccccc2C2=CNCN2)CC1. The monoisotopic (exact) mass is 383 g/mol. The van der Waals surface area contributed by atoms with Crippen molar-refractivity contribution < 1.29 is 9.53 Å². The fraction of sp³-hybridized carbons (Fsp3) is 0.381. The predicted molar refractivity (Wildman–Crippen MR) is 109 cm³/mol. The average molecular weight is 384 g/mol. The Morgan fingerprint density at radius 3 is 2.78 bits per heavy atom. The van der Waals surface area contributed by atoms with Crippen LogP contribution in [0.15, 0.2) is 48.0 Å². The third-order valence-corrected chi connectivity index (χ3v) is 6.08. The molecule has 0 spiro atoms. The van der Waals surface area contributed by atoms with Crippen LogP contribution in [-0.2, 0) is 0 Å². The Morgan fingerprint density at radius 2 is 2.04 bits per heavy atom. The molecule has 0 bridgehead atoms. The summed E-state index contributed by atoms with van der Waals surface area (Å²) < 4.78 is 6.10. The number of amides is 1. The summed E-state index contributed by atoms with van der Waals surface area (Å²) >= 11 is 1.52. The third-order valence-electron chi connectivity index (χ3n) is 5.22. The molecular weight excluding hydrogens is 358 g/mol. The number of piperidine rings is 1. The Kier molecular flexibility index (Phi) is 5.63. The quantitative estimate of drug-likeness (QED) is 0.801. The smallest absolute Gasteiger partial charge is 0.263 e. The zero-order valence-corrected chi connectivity index (χ0v) is 16.1. The minimum Gasteiger partial charge on any atom is -0.493 e. The standard InChI is InChI=1S/C21H25N3O2S/c25-21(20-6-3-13-27-20)24-10-7-16(8-11-24)9-12-26-19-5-2-1-4-17(19)18-14-22-15-23-18/h1-6,13-14,16,22-23H,7-12,15H2. The molecule has 0 aliphatic carbocycles. The van der Waals surface area contributed by atoms with E-state index in [4.69, 9.17) is 4.74 Å². The van der Waals surface area contributed by atoms with Crippen LogP contribution in [-0.4, -0.2) is 37.2 Å². The van der Waals surface area contributed by atoms with E-state index in [1.807, 2.05) is 46.8 Å². The molecule has 0 saturated carbocycles. The third kappa shape index (κ3) is 4.27. The normalized spacial score (nSPS) is 17.2. The van der Waals surface area contributed by atoms with Crippen molar-refractivity contribution in [1.82, 2.24) is 15.5 Å². The number of benzene rings is 1. The summed E-state index contributed by atoms with van der Waals surface area (Å²) in [6.45, 7) is 3.16. The number of para-hydroxylation sites is 1. The van der Waals surface area contributed by atoms with Crippen LogP contribution in [0.3, 0.4) is 0 Å². The number of carbonyl (C=O) groups is 1. The number of nitrogens with one attached hydrogen (secondary N) is 2. The molecule has 2 aromatic rings. The van der Waals surface area contributed by atoms with Crippen LogP contribution in [0.4, 0.5) is 0 Å². The molecule has 2 aliphatic rings. The highest BCUT2D eigenvalue weighted by Gasteiger charge is 2.24. The van der Waals surface area contributed by atoms with Gasteiger partial charge in [-0.15, -0.1) is 11.3 Å². The van der Waals surface area contributed by atoms with Gasteiger partial charge in [-0.3, -0.25) is 4.79 Å². The largest absolute Gasteiger partial charge is 0.493 e. The zero-order valence-electron chi connectivity index (χ0n) is 15.3. The van der Waals surface area contributed by atoms with E-state index >= 15 is 0 Å². The number of hydrogen-bond acceptors (Lipinski definition) is 5. The van der Waals surface area contributed by atoms with Gasteiger partial charge in [-0.05, 0) is 48.8 Å². The number of rotatable bonds is 6. The van der Waals surface area contributed by atoms with E-state index in [0.29, 0.717) is 12.5 Å². The highest BCUT2D eigenvalue weighted by atomic mass is 32.1. The molecule has 0 radical (unpaired) electrons. The van der Waals surface area contributed by atoms with Crippen molar-refractivity contribution >= 4 is 22.9 Å². The van der Waals surface area contributed by atoms with Gasteiger partial charge in [-0.25, -0.2) is 0 Å². The van der Waals surface area contributed by atoms with Crippen molar-refractivity contribution in [2.45, 2.75) is 19.3 Å². The summed E-state index contributed by atoms with van der Waals surface area (Å²) in [5, 5.41) is 8.44. The van der Waals surface area contributed by atoms with Crippen LogP contribution in [0.1, 0.15) is 34.5 Å². The van der Waals surface area contributed by atoms with Crippen LogP contribution in [0.25, 0.3) is 5.70 Å². The van der Waals surface area contributed by atoms with Crippen molar-refractivity contribution in [3.8, 4) is 5.75 Å². The summed E-state index contributed by atoms with van der Waals surface area (Å²) in [6, 6.07) is 12.0. The second-order valence-corrected chi connectivity index (χ2v) is 7.91. The molecule has 27 heavy (non-hydrogen) atoms. The van der Waals surface area contributed by atoms with Gasteiger partial charge in [0.05, 0.1) is 23.8 Å². The Labute approximate surface area is 164 Å². The van der Waals surface area contributed by atoms with Gasteiger partial charge < -0.3 is 20.3 Å². The van der Waals surface area contributed by atoms with E-state index in [1.54, 1.807) is 0 Å². The van der Waals surface area contributed by atoms with Gasteiger partial charge in [0.25, 0.3) is 5.91 Å². The Hall–Kier alpha value is -2.47. The number of nitrogens with zero attached hydrogens (tertiary/aromatic N) is 1. The van der Waals surface area contributed by atoms with E-state index in [0.717, 1.165) is 60.9 Å². The first kappa shape index (κ1) is 17.9. The van der Waals surface area contributed by atoms with Gasteiger partial charge in [0.2, 0.25) is 0 Å². The van der Waals surface area contributed by atoms with Crippen LogP contribution in [0.5, 0.6) is 5.75 Å². The molecule has 0 atom stereocenters. The maximum absolute atomic E-state index is 12.4. The number of carbonyl (C=O) groups excluding carboxylic acids is 1. The number of hydrogen-bond donors (Lipinski definition) is 2. The molecule has 1 amide bonds. The first-order chi connectivity index (χ1) is 13.3. The van der Waals surface area contributed by atoms with Crippen molar-refractivity contribution in [2.24, 2.45) is 5.92 Å². The summed E-state index contributed by atoms with van der Waals surface area (Å²) in [6.07, 6.45) is 5.13. The van der Waals surface area contributed by atoms with Crippen molar-refractivity contribution in [1.29, 1.82) is 0 Å². The van der Waals surface area contributed by atoms with E-state index in [-0.39, 0.29) is 5.91 Å². The molecule has 2 N–H and O–H groups in total. The minimum atomic E-state index is 0.180. The molecule has 142 valence electrons. The van der Waals surface area contributed by atoms with Crippen molar-refractivity contribution in [3.63, 3.8) is 0 Å². The van der Waals surface area contributed by atoms with Crippen LogP contribution in [0.2, 0.25) is 0 Å². The van der Waals surface area contributed by atoms with Gasteiger partial charge >= 0.3 is 0 Å². The summed E-state index contributed by atoms with van der Waals surface area (Å²) in [5.41, 5.74) is 2.17. The van der Waals surface area contributed by atoms with Crippen LogP contribution >= 0.6 is 11.3 Å². The highest BCUT2D eigenvalue weighted by Crippen LogP contribution is 2.27. The molecule has 3 heterocycles. The maximum Gasteiger partial charge on any atom is 0.263 e. The Bertz CT molecular complexity index is 796. The fourth-order valence-electron chi connectivity index (χ4n) is 3.65. The highest BCUT2D eigenvalue weighted by molar-refractivity contribution is 7.12. The van der Waals surface area contributed by atoms with E-state index in [1.165, 1.54) is 11.3 Å². The van der Waals surface area contributed by atoms with Gasteiger partial charge in [-0.2, -0.15) is 0 Å². The van der Waals surface area contributed by atoms with E-state index < -0.39 is 0 Å². The lowest BCUT2D eigenvalue weighted by atomic mass is 9.94. The number of ether oxygens (including phenoxy) is 1. The lowest BCUT2D eigenvalue weighted by Gasteiger charge is -2.31. The van der Waals surface area contributed by atoms with Crippen LogP contribution in [0, 0.1) is 5.92 Å². The topological polar surface area (TPSA) is 53.6 Å². The minimum absolute atomic E-state index is 0.180. The second kappa shape index (κ2) is 8.48. The lowest BCUT2D eigenvalue weighted by molar-refractivity contribution is 0.0685. The first-order valence-corrected chi connectivity index (χ1v) is 10.4. The lowest BCUT2D eigenvalue weighted by Crippen LogP contribution is -2.38. The van der Waals surface area contributed by atoms with E-state index in [9.17, 15) is 4.79 Å². The van der Waals surface area contributed by atoms with Crippen molar-refractivity contribution in [2.75, 3.05) is 26.4 Å². The first-order valence-electron chi connectivity index (χ1n) is 9.53. The molecule has 6 heteroatoms. The molecule has 1 fully saturated rings. The molecule has 0 unspecified atom stereocenters. The summed E-state index contributed by atoms with van der Waals surface area (Å²) in [4.78, 5) is 15.3. The average Bonchev–Trinajstić information content (AvgIpc) is 3.42.